The zero-order chi connectivity index (χ0) is 17.4. The van der Waals surface area contributed by atoms with Crippen LogP contribution in [0.4, 0.5) is 0 Å². The van der Waals surface area contributed by atoms with E-state index in [-0.39, 0.29) is 17.9 Å². The monoisotopic (exact) mass is 331 g/mol. The molecule has 0 bridgehead atoms. The Morgan fingerprint density at radius 1 is 1.08 bits per heavy atom. The highest BCUT2D eigenvalue weighted by Crippen LogP contribution is 2.17. The fraction of sp³-hybridized carbons (Fsp3) is 0.632. The average Bonchev–Trinajstić information content (AvgIpc) is 2.62. The smallest absolute Gasteiger partial charge is 0.272 e. The van der Waals surface area contributed by atoms with Gasteiger partial charge in [-0.2, -0.15) is 0 Å². The van der Waals surface area contributed by atoms with E-state index in [2.05, 4.69) is 24.1 Å². The zero-order valence-corrected chi connectivity index (χ0v) is 14.9. The maximum Gasteiger partial charge on any atom is 0.272 e. The summed E-state index contributed by atoms with van der Waals surface area (Å²) >= 11 is 0. The number of amides is 2. The van der Waals surface area contributed by atoms with Gasteiger partial charge in [-0.3, -0.25) is 9.59 Å². The van der Waals surface area contributed by atoms with Gasteiger partial charge in [0, 0.05) is 19.1 Å². The first-order valence-electron chi connectivity index (χ1n) is 9.22. The first-order valence-corrected chi connectivity index (χ1v) is 9.22. The minimum Gasteiger partial charge on any atom is -0.348 e. The molecule has 0 atom stereocenters. The molecule has 1 aliphatic rings. The third-order valence-electron chi connectivity index (χ3n) is 4.42. The number of hydrogen-bond donors (Lipinski definition) is 1. The number of hydrogen-bond acceptors (Lipinski definition) is 3. The Bertz CT molecular complexity index is 547. The van der Waals surface area contributed by atoms with E-state index in [4.69, 9.17) is 0 Å². The fourth-order valence-corrected chi connectivity index (χ4v) is 3.20. The lowest BCUT2D eigenvalue weighted by Crippen LogP contribution is -2.37. The molecule has 0 spiro atoms. The topological polar surface area (TPSA) is 62.3 Å². The molecular formula is C19H29N3O2. The summed E-state index contributed by atoms with van der Waals surface area (Å²) in [6.45, 7) is 5.54. The number of aromatic nitrogens is 1. The van der Waals surface area contributed by atoms with Crippen LogP contribution in [0, 0.1) is 0 Å². The van der Waals surface area contributed by atoms with Crippen LogP contribution < -0.4 is 5.32 Å². The maximum atomic E-state index is 12.6. The lowest BCUT2D eigenvalue weighted by atomic mass is 9.95. The lowest BCUT2D eigenvalue weighted by molar-refractivity contribution is 0.0749. The van der Waals surface area contributed by atoms with Crippen molar-refractivity contribution in [2.24, 2.45) is 0 Å². The van der Waals surface area contributed by atoms with Gasteiger partial charge in [0.25, 0.3) is 11.8 Å². The molecule has 1 N–H and O–H groups in total. The lowest BCUT2D eigenvalue weighted by Gasteiger charge is -2.23. The number of pyridine rings is 1. The summed E-state index contributed by atoms with van der Waals surface area (Å²) in [5, 5.41) is 3.05. The van der Waals surface area contributed by atoms with Gasteiger partial charge in [-0.1, -0.05) is 39.2 Å². The van der Waals surface area contributed by atoms with Gasteiger partial charge in [-0.15, -0.1) is 0 Å². The minimum absolute atomic E-state index is 0.0917. The van der Waals surface area contributed by atoms with Crippen molar-refractivity contribution < 1.29 is 9.59 Å². The van der Waals surface area contributed by atoms with E-state index >= 15 is 0 Å². The normalized spacial score (nSPS) is 15.1. The van der Waals surface area contributed by atoms with Crippen LogP contribution in [0.1, 0.15) is 79.8 Å². The number of carbonyl (C=O) groups is 2. The predicted molar refractivity (Wildman–Crippen MR) is 95.1 cm³/mol. The number of nitrogens with zero attached hydrogens (tertiary/aromatic N) is 2. The van der Waals surface area contributed by atoms with Crippen LogP contribution in [0.3, 0.4) is 0 Å². The van der Waals surface area contributed by atoms with Crippen molar-refractivity contribution >= 4 is 11.8 Å². The summed E-state index contributed by atoms with van der Waals surface area (Å²) < 4.78 is 0. The molecule has 24 heavy (non-hydrogen) atoms. The van der Waals surface area contributed by atoms with Crippen LogP contribution in [0.15, 0.2) is 18.2 Å². The van der Waals surface area contributed by atoms with Crippen LogP contribution in [-0.2, 0) is 0 Å². The molecule has 2 rings (SSSR count). The first-order chi connectivity index (χ1) is 11.7. The number of carbonyl (C=O) groups excluding carboxylic acids is 2. The Morgan fingerprint density at radius 2 is 1.71 bits per heavy atom. The Labute approximate surface area is 144 Å². The van der Waals surface area contributed by atoms with E-state index in [9.17, 15) is 9.59 Å². The third-order valence-corrected chi connectivity index (χ3v) is 4.42. The molecule has 0 aliphatic heterocycles. The summed E-state index contributed by atoms with van der Waals surface area (Å²) in [6.07, 6.45) is 7.47. The van der Waals surface area contributed by atoms with Crippen LogP contribution >= 0.6 is 0 Å². The Hall–Kier alpha value is -1.91. The van der Waals surface area contributed by atoms with E-state index in [1.807, 2.05) is 4.90 Å². The minimum atomic E-state index is -0.172. The van der Waals surface area contributed by atoms with E-state index in [1.165, 1.54) is 19.3 Å². The van der Waals surface area contributed by atoms with E-state index in [0.717, 1.165) is 25.7 Å². The second kappa shape index (κ2) is 9.40. The molecule has 0 saturated heterocycles. The zero-order valence-electron chi connectivity index (χ0n) is 14.9. The SMILES string of the molecule is CCCN(CCC)C(=O)c1cccc(C(=O)NC2CCCCC2)n1. The Balaban J connectivity index is 2.06. The van der Waals surface area contributed by atoms with Crippen LogP contribution in [0.5, 0.6) is 0 Å². The van der Waals surface area contributed by atoms with Gasteiger partial charge in [-0.05, 0) is 37.8 Å². The third kappa shape index (κ3) is 5.05. The summed E-state index contributed by atoms with van der Waals surface area (Å²) in [5.41, 5.74) is 0.688. The second-order valence-electron chi connectivity index (χ2n) is 6.51. The highest BCUT2D eigenvalue weighted by molar-refractivity contribution is 5.96. The van der Waals surface area contributed by atoms with Gasteiger partial charge in [-0.25, -0.2) is 4.98 Å². The summed E-state index contributed by atoms with van der Waals surface area (Å²) in [7, 11) is 0. The van der Waals surface area contributed by atoms with Crippen LogP contribution in [0.25, 0.3) is 0 Å². The van der Waals surface area contributed by atoms with Gasteiger partial charge < -0.3 is 10.2 Å². The van der Waals surface area contributed by atoms with Crippen molar-refractivity contribution in [1.29, 1.82) is 0 Å². The van der Waals surface area contributed by atoms with E-state index in [0.29, 0.717) is 24.5 Å². The summed E-state index contributed by atoms with van der Waals surface area (Å²) in [6, 6.07) is 5.35. The molecule has 1 aromatic rings. The number of nitrogens with one attached hydrogen (secondary N) is 1. The highest BCUT2D eigenvalue weighted by atomic mass is 16.2. The van der Waals surface area contributed by atoms with E-state index in [1.54, 1.807) is 18.2 Å². The molecule has 2 amide bonds. The molecular weight excluding hydrogens is 302 g/mol. The second-order valence-corrected chi connectivity index (χ2v) is 6.51. The highest BCUT2D eigenvalue weighted by Gasteiger charge is 2.20. The summed E-state index contributed by atoms with van der Waals surface area (Å²) in [4.78, 5) is 31.2. The molecule has 1 aliphatic carbocycles. The van der Waals surface area contributed by atoms with Crippen molar-refractivity contribution in [3.8, 4) is 0 Å². The fourth-order valence-electron chi connectivity index (χ4n) is 3.20. The molecule has 5 nitrogen and oxygen atoms in total. The van der Waals surface area contributed by atoms with Gasteiger partial charge in [0.1, 0.15) is 11.4 Å². The molecule has 5 heteroatoms. The predicted octanol–water partition coefficient (Wildman–Crippen LogP) is 3.41. The first kappa shape index (κ1) is 18.4. The average molecular weight is 331 g/mol. The standard InChI is InChI=1S/C19H29N3O2/c1-3-13-22(14-4-2)19(24)17-12-8-11-16(21-17)18(23)20-15-9-6-5-7-10-15/h8,11-12,15H,3-7,9-10,13-14H2,1-2H3,(H,20,23). The van der Waals surface area contributed by atoms with Crippen molar-refractivity contribution in [3.05, 3.63) is 29.6 Å². The molecule has 0 radical (unpaired) electrons. The Morgan fingerprint density at radius 3 is 2.33 bits per heavy atom. The molecule has 0 unspecified atom stereocenters. The maximum absolute atomic E-state index is 12.6. The van der Waals surface area contributed by atoms with Crippen molar-refractivity contribution in [1.82, 2.24) is 15.2 Å². The van der Waals surface area contributed by atoms with E-state index < -0.39 is 0 Å². The van der Waals surface area contributed by atoms with Crippen molar-refractivity contribution in [3.63, 3.8) is 0 Å². The molecule has 132 valence electrons. The molecule has 0 aromatic carbocycles. The van der Waals surface area contributed by atoms with Gasteiger partial charge in [0.05, 0.1) is 0 Å². The Kier molecular flexibility index (Phi) is 7.22. The van der Waals surface area contributed by atoms with Crippen LogP contribution in [-0.4, -0.2) is 40.8 Å². The van der Waals surface area contributed by atoms with Crippen molar-refractivity contribution in [2.75, 3.05) is 13.1 Å². The molecule has 1 saturated carbocycles. The largest absolute Gasteiger partial charge is 0.348 e. The molecule has 1 fully saturated rings. The summed E-state index contributed by atoms with van der Waals surface area (Å²) in [5.74, 6) is -0.264. The molecule has 1 heterocycles. The van der Waals surface area contributed by atoms with Crippen LogP contribution in [0.2, 0.25) is 0 Å². The van der Waals surface area contributed by atoms with Crippen molar-refractivity contribution in [2.45, 2.75) is 64.8 Å². The van der Waals surface area contributed by atoms with Gasteiger partial charge in [0.15, 0.2) is 0 Å². The van der Waals surface area contributed by atoms with Gasteiger partial charge >= 0.3 is 0 Å². The number of rotatable bonds is 7. The van der Waals surface area contributed by atoms with Gasteiger partial charge in [0.2, 0.25) is 0 Å². The molecule has 1 aromatic heterocycles. The quantitative estimate of drug-likeness (QED) is 0.833.